The lowest BCUT2D eigenvalue weighted by atomic mass is 10.2. The second-order valence-corrected chi connectivity index (χ2v) is 6.00. The molecule has 0 fully saturated rings. The lowest BCUT2D eigenvalue weighted by molar-refractivity contribution is 0.396. The standard InChI is InChI=1S/C15H17N3S/c1-11-6-7-14-16-15(13-5-4-8-19-13)12(10-17(2)3)18(14)9-11/h4-9H,10H2,1-3H3. The van der Waals surface area contributed by atoms with Crippen LogP contribution in [0.15, 0.2) is 35.8 Å². The predicted octanol–water partition coefficient (Wildman–Crippen LogP) is 3.43. The van der Waals surface area contributed by atoms with E-state index in [1.165, 1.54) is 16.1 Å². The Kier molecular flexibility index (Phi) is 3.12. The quantitative estimate of drug-likeness (QED) is 0.727. The number of aryl methyl sites for hydroxylation is 1. The van der Waals surface area contributed by atoms with Crippen LogP contribution in [0.3, 0.4) is 0 Å². The van der Waals surface area contributed by atoms with E-state index in [9.17, 15) is 0 Å². The number of hydrogen-bond acceptors (Lipinski definition) is 3. The van der Waals surface area contributed by atoms with E-state index in [0.717, 1.165) is 17.9 Å². The second kappa shape index (κ2) is 4.79. The number of fused-ring (bicyclic) bond motifs is 1. The van der Waals surface area contributed by atoms with E-state index in [0.29, 0.717) is 0 Å². The maximum atomic E-state index is 4.80. The summed E-state index contributed by atoms with van der Waals surface area (Å²) < 4.78 is 2.21. The van der Waals surface area contributed by atoms with Crippen LogP contribution in [-0.4, -0.2) is 28.4 Å². The summed E-state index contributed by atoms with van der Waals surface area (Å²) in [5.41, 5.74) is 4.63. The maximum Gasteiger partial charge on any atom is 0.137 e. The molecule has 3 nitrogen and oxygen atoms in total. The molecule has 3 rings (SSSR count). The summed E-state index contributed by atoms with van der Waals surface area (Å²) in [4.78, 5) is 8.21. The monoisotopic (exact) mass is 271 g/mol. The van der Waals surface area contributed by atoms with Crippen molar-refractivity contribution in [2.75, 3.05) is 14.1 Å². The van der Waals surface area contributed by atoms with Crippen molar-refractivity contribution < 1.29 is 0 Å². The molecule has 0 saturated heterocycles. The van der Waals surface area contributed by atoms with Gasteiger partial charge in [0.2, 0.25) is 0 Å². The van der Waals surface area contributed by atoms with Crippen molar-refractivity contribution in [2.45, 2.75) is 13.5 Å². The fraction of sp³-hybridized carbons (Fsp3) is 0.267. The van der Waals surface area contributed by atoms with Crippen molar-refractivity contribution in [1.82, 2.24) is 14.3 Å². The molecule has 3 aromatic rings. The van der Waals surface area contributed by atoms with E-state index >= 15 is 0 Å². The maximum absolute atomic E-state index is 4.80. The summed E-state index contributed by atoms with van der Waals surface area (Å²) in [6, 6.07) is 8.42. The molecule has 0 radical (unpaired) electrons. The molecule has 98 valence electrons. The van der Waals surface area contributed by atoms with E-state index in [2.05, 4.69) is 66.2 Å². The fourth-order valence-electron chi connectivity index (χ4n) is 2.26. The van der Waals surface area contributed by atoms with Gasteiger partial charge in [-0.25, -0.2) is 4.98 Å². The van der Waals surface area contributed by atoms with Crippen molar-refractivity contribution >= 4 is 17.0 Å². The lowest BCUT2D eigenvalue weighted by Gasteiger charge is -2.11. The highest BCUT2D eigenvalue weighted by atomic mass is 32.1. The van der Waals surface area contributed by atoms with Crippen molar-refractivity contribution in [3.8, 4) is 10.6 Å². The molecule has 0 aliphatic carbocycles. The Labute approximate surface area is 117 Å². The van der Waals surface area contributed by atoms with Crippen LogP contribution >= 0.6 is 11.3 Å². The summed E-state index contributed by atoms with van der Waals surface area (Å²) in [7, 11) is 4.18. The first-order valence-electron chi connectivity index (χ1n) is 6.31. The first kappa shape index (κ1) is 12.4. The highest BCUT2D eigenvalue weighted by Gasteiger charge is 2.15. The Hall–Kier alpha value is -1.65. The molecular weight excluding hydrogens is 254 g/mol. The number of thiophene rings is 1. The van der Waals surface area contributed by atoms with Crippen LogP contribution in [0.5, 0.6) is 0 Å². The molecule has 19 heavy (non-hydrogen) atoms. The zero-order valence-electron chi connectivity index (χ0n) is 11.4. The van der Waals surface area contributed by atoms with Crippen molar-refractivity contribution in [3.05, 3.63) is 47.1 Å². The second-order valence-electron chi connectivity index (χ2n) is 5.06. The SMILES string of the molecule is Cc1ccc2nc(-c3cccs3)c(CN(C)C)n2c1. The molecule has 3 aromatic heterocycles. The Bertz CT molecular complexity index is 696. The number of rotatable bonds is 3. The fourth-order valence-corrected chi connectivity index (χ4v) is 3.00. The van der Waals surface area contributed by atoms with E-state index in [1.807, 2.05) is 0 Å². The van der Waals surface area contributed by atoms with E-state index in [-0.39, 0.29) is 0 Å². The Morgan fingerprint density at radius 2 is 2.11 bits per heavy atom. The molecule has 0 aliphatic heterocycles. The van der Waals surface area contributed by atoms with Crippen LogP contribution in [0.25, 0.3) is 16.2 Å². The third-order valence-electron chi connectivity index (χ3n) is 3.09. The van der Waals surface area contributed by atoms with E-state index < -0.39 is 0 Å². The zero-order valence-corrected chi connectivity index (χ0v) is 12.2. The number of hydrogen-bond donors (Lipinski definition) is 0. The van der Waals surface area contributed by atoms with Crippen LogP contribution in [0, 0.1) is 6.92 Å². The summed E-state index contributed by atoms with van der Waals surface area (Å²) in [5, 5.41) is 2.10. The molecule has 0 saturated carbocycles. The van der Waals surface area contributed by atoms with E-state index in [4.69, 9.17) is 4.98 Å². The molecule has 0 spiro atoms. The van der Waals surface area contributed by atoms with Crippen LogP contribution in [-0.2, 0) is 6.54 Å². The van der Waals surface area contributed by atoms with Gasteiger partial charge in [0.05, 0.1) is 10.6 Å². The summed E-state index contributed by atoms with van der Waals surface area (Å²) in [5.74, 6) is 0. The minimum absolute atomic E-state index is 0.887. The minimum Gasteiger partial charge on any atom is -0.304 e. The van der Waals surface area contributed by atoms with Crippen LogP contribution in [0.2, 0.25) is 0 Å². The Morgan fingerprint density at radius 1 is 1.26 bits per heavy atom. The first-order valence-corrected chi connectivity index (χ1v) is 7.19. The van der Waals surface area contributed by atoms with Crippen molar-refractivity contribution in [3.63, 3.8) is 0 Å². The minimum atomic E-state index is 0.887. The van der Waals surface area contributed by atoms with Crippen molar-refractivity contribution in [2.24, 2.45) is 0 Å². The van der Waals surface area contributed by atoms with E-state index in [1.54, 1.807) is 11.3 Å². The number of nitrogens with zero attached hydrogens (tertiary/aromatic N) is 3. The Morgan fingerprint density at radius 3 is 2.79 bits per heavy atom. The molecule has 3 heterocycles. The average molecular weight is 271 g/mol. The molecule has 0 aliphatic rings. The van der Waals surface area contributed by atoms with Crippen LogP contribution in [0.4, 0.5) is 0 Å². The molecule has 0 unspecified atom stereocenters. The van der Waals surface area contributed by atoms with Gasteiger partial charge in [0, 0.05) is 12.7 Å². The summed E-state index contributed by atoms with van der Waals surface area (Å²) in [6.45, 7) is 3.00. The third-order valence-corrected chi connectivity index (χ3v) is 3.96. The molecule has 4 heteroatoms. The highest BCUT2D eigenvalue weighted by Crippen LogP contribution is 2.29. The van der Waals surface area contributed by atoms with Gasteiger partial charge in [-0.3, -0.25) is 0 Å². The van der Waals surface area contributed by atoms with Gasteiger partial charge in [-0.2, -0.15) is 0 Å². The number of imidazole rings is 1. The molecule has 0 aromatic carbocycles. The number of aromatic nitrogens is 2. The van der Waals surface area contributed by atoms with Gasteiger partial charge in [-0.05, 0) is 44.1 Å². The largest absolute Gasteiger partial charge is 0.304 e. The molecule has 0 N–H and O–H groups in total. The smallest absolute Gasteiger partial charge is 0.137 e. The van der Waals surface area contributed by atoms with Gasteiger partial charge in [0.15, 0.2) is 0 Å². The normalized spacial score (nSPS) is 11.6. The summed E-state index contributed by atoms with van der Waals surface area (Å²) in [6.07, 6.45) is 2.16. The predicted molar refractivity (Wildman–Crippen MR) is 80.6 cm³/mol. The zero-order chi connectivity index (χ0) is 13.4. The summed E-state index contributed by atoms with van der Waals surface area (Å²) >= 11 is 1.74. The Balaban J connectivity index is 2.25. The van der Waals surface area contributed by atoms with Crippen LogP contribution < -0.4 is 0 Å². The van der Waals surface area contributed by atoms with Crippen molar-refractivity contribution in [1.29, 1.82) is 0 Å². The van der Waals surface area contributed by atoms with Gasteiger partial charge in [0.25, 0.3) is 0 Å². The molecule has 0 bridgehead atoms. The van der Waals surface area contributed by atoms with Gasteiger partial charge in [-0.1, -0.05) is 12.1 Å². The van der Waals surface area contributed by atoms with Crippen LogP contribution in [0.1, 0.15) is 11.3 Å². The molecule has 0 atom stereocenters. The average Bonchev–Trinajstić information content (AvgIpc) is 2.97. The van der Waals surface area contributed by atoms with Gasteiger partial charge in [-0.15, -0.1) is 11.3 Å². The highest BCUT2D eigenvalue weighted by molar-refractivity contribution is 7.13. The van der Waals surface area contributed by atoms with Gasteiger partial charge >= 0.3 is 0 Å². The van der Waals surface area contributed by atoms with Gasteiger partial charge < -0.3 is 9.30 Å². The first-order chi connectivity index (χ1) is 9.15. The van der Waals surface area contributed by atoms with Gasteiger partial charge in [0.1, 0.15) is 11.3 Å². The number of pyridine rings is 1. The molecule has 0 amide bonds. The lowest BCUT2D eigenvalue weighted by Crippen LogP contribution is -2.13. The molecular formula is C15H17N3S. The topological polar surface area (TPSA) is 20.5 Å². The third kappa shape index (κ3) is 2.29.